The molecule has 0 saturated carbocycles. The number of rotatable bonds is 7. The molecule has 1 aliphatic heterocycles. The van der Waals surface area contributed by atoms with Gasteiger partial charge in [0.25, 0.3) is 0 Å². The van der Waals surface area contributed by atoms with E-state index in [1.807, 2.05) is 0 Å². The minimum Gasteiger partial charge on any atom is -0.314 e. The zero-order chi connectivity index (χ0) is 14.6. The predicted molar refractivity (Wildman–Crippen MR) is 89.2 cm³/mol. The molecule has 2 heterocycles. The van der Waals surface area contributed by atoms with Gasteiger partial charge in [-0.2, -0.15) is 0 Å². The van der Waals surface area contributed by atoms with Gasteiger partial charge in [-0.15, -0.1) is 11.3 Å². The van der Waals surface area contributed by atoms with Crippen molar-refractivity contribution >= 4 is 37.1 Å². The van der Waals surface area contributed by atoms with Gasteiger partial charge < -0.3 is 5.32 Å². The van der Waals surface area contributed by atoms with Crippen LogP contribution >= 0.6 is 27.3 Å². The normalized spacial score (nSPS) is 23.0. The number of sulfone groups is 1. The van der Waals surface area contributed by atoms with Crippen molar-refractivity contribution in [1.82, 2.24) is 5.32 Å². The van der Waals surface area contributed by atoms with E-state index in [-0.39, 0.29) is 0 Å². The molecule has 20 heavy (non-hydrogen) atoms. The lowest BCUT2D eigenvalue weighted by molar-refractivity contribution is 0.404. The second-order valence-electron chi connectivity index (χ2n) is 5.57. The van der Waals surface area contributed by atoms with Crippen LogP contribution in [0.3, 0.4) is 0 Å². The Morgan fingerprint density at radius 2 is 2.30 bits per heavy atom. The van der Waals surface area contributed by atoms with Crippen molar-refractivity contribution in [3.05, 3.63) is 20.8 Å². The molecule has 2 atom stereocenters. The number of hydrogen-bond donors (Lipinski definition) is 1. The summed E-state index contributed by atoms with van der Waals surface area (Å²) >= 11 is 5.26. The van der Waals surface area contributed by atoms with E-state index in [0.29, 0.717) is 23.5 Å². The molecule has 114 valence electrons. The maximum absolute atomic E-state index is 11.6. The van der Waals surface area contributed by atoms with Crippen molar-refractivity contribution in [2.45, 2.75) is 38.6 Å². The molecular weight excluding hydrogens is 358 g/mol. The molecule has 0 radical (unpaired) electrons. The maximum Gasteiger partial charge on any atom is 0.150 e. The van der Waals surface area contributed by atoms with Crippen molar-refractivity contribution in [3.63, 3.8) is 0 Å². The Balaban J connectivity index is 1.93. The summed E-state index contributed by atoms with van der Waals surface area (Å²) in [6, 6.07) is 4.62. The molecule has 1 aromatic heterocycles. The van der Waals surface area contributed by atoms with Crippen LogP contribution in [0.5, 0.6) is 0 Å². The summed E-state index contributed by atoms with van der Waals surface area (Å²) in [6.45, 7) is 3.16. The second kappa shape index (κ2) is 7.38. The molecule has 0 amide bonds. The molecule has 1 saturated heterocycles. The van der Waals surface area contributed by atoms with Crippen LogP contribution in [-0.4, -0.2) is 32.5 Å². The number of nitrogens with one attached hydrogen (secondary N) is 1. The smallest absolute Gasteiger partial charge is 0.150 e. The van der Waals surface area contributed by atoms with Crippen LogP contribution < -0.4 is 5.32 Å². The van der Waals surface area contributed by atoms with Crippen LogP contribution in [0.4, 0.5) is 0 Å². The number of thiophene rings is 1. The van der Waals surface area contributed by atoms with Crippen LogP contribution in [0.25, 0.3) is 0 Å². The third-order valence-corrected chi connectivity index (χ3v) is 7.19. The van der Waals surface area contributed by atoms with Gasteiger partial charge in [0.05, 0.1) is 15.3 Å². The van der Waals surface area contributed by atoms with Crippen LogP contribution in [0.2, 0.25) is 0 Å². The minimum absolute atomic E-state index is 0.331. The Bertz CT molecular complexity index is 527. The summed E-state index contributed by atoms with van der Waals surface area (Å²) < 4.78 is 24.3. The molecule has 1 N–H and O–H groups in total. The monoisotopic (exact) mass is 379 g/mol. The van der Waals surface area contributed by atoms with Gasteiger partial charge in [0.15, 0.2) is 9.84 Å². The topological polar surface area (TPSA) is 46.2 Å². The maximum atomic E-state index is 11.6. The molecule has 1 aliphatic rings. The highest BCUT2D eigenvalue weighted by Crippen LogP contribution is 2.27. The van der Waals surface area contributed by atoms with Crippen molar-refractivity contribution in [3.8, 4) is 0 Å². The predicted octanol–water partition coefficient (Wildman–Crippen LogP) is 3.25. The summed E-state index contributed by atoms with van der Waals surface area (Å²) in [5.41, 5.74) is 0. The summed E-state index contributed by atoms with van der Waals surface area (Å²) in [5, 5.41) is 3.58. The van der Waals surface area contributed by atoms with Crippen molar-refractivity contribution in [1.29, 1.82) is 0 Å². The molecular formula is C14H22BrNO2S2. The fourth-order valence-corrected chi connectivity index (χ4v) is 6.20. The van der Waals surface area contributed by atoms with Gasteiger partial charge in [-0.1, -0.05) is 6.92 Å². The van der Waals surface area contributed by atoms with Gasteiger partial charge in [0.2, 0.25) is 0 Å². The Morgan fingerprint density at radius 3 is 2.85 bits per heavy atom. The molecule has 3 nitrogen and oxygen atoms in total. The van der Waals surface area contributed by atoms with Gasteiger partial charge in [-0.25, -0.2) is 8.42 Å². The third-order valence-electron chi connectivity index (χ3n) is 3.70. The number of hydrogen-bond acceptors (Lipinski definition) is 4. The molecule has 2 rings (SSSR count). The number of halogens is 1. The summed E-state index contributed by atoms with van der Waals surface area (Å²) in [4.78, 5) is 1.35. The van der Waals surface area contributed by atoms with E-state index in [4.69, 9.17) is 0 Å². The van der Waals surface area contributed by atoms with Crippen LogP contribution in [0.1, 0.15) is 31.1 Å². The fourth-order valence-electron chi connectivity index (χ4n) is 2.75. The molecule has 2 unspecified atom stereocenters. The van der Waals surface area contributed by atoms with E-state index in [9.17, 15) is 8.42 Å². The lowest BCUT2D eigenvalue weighted by atomic mass is 9.97. The summed E-state index contributed by atoms with van der Waals surface area (Å²) in [5.74, 6) is 1.09. The first-order chi connectivity index (χ1) is 9.48. The first-order valence-electron chi connectivity index (χ1n) is 7.16. The van der Waals surface area contributed by atoms with Crippen LogP contribution in [-0.2, 0) is 16.3 Å². The third kappa shape index (κ3) is 5.13. The van der Waals surface area contributed by atoms with Gasteiger partial charge in [0, 0.05) is 10.9 Å². The largest absolute Gasteiger partial charge is 0.314 e. The molecule has 0 aliphatic carbocycles. The van der Waals surface area contributed by atoms with E-state index in [2.05, 4.69) is 40.3 Å². The highest BCUT2D eigenvalue weighted by atomic mass is 79.9. The van der Waals surface area contributed by atoms with Crippen molar-refractivity contribution < 1.29 is 8.42 Å². The average Bonchev–Trinajstić information content (AvgIpc) is 2.92. The van der Waals surface area contributed by atoms with E-state index in [0.717, 1.165) is 36.0 Å². The second-order valence-corrected chi connectivity index (χ2v) is 10.3. The van der Waals surface area contributed by atoms with Crippen molar-refractivity contribution in [2.24, 2.45) is 5.92 Å². The lowest BCUT2D eigenvalue weighted by Gasteiger charge is -2.21. The molecule has 1 aromatic rings. The fraction of sp³-hybridized carbons (Fsp3) is 0.714. The van der Waals surface area contributed by atoms with E-state index in [1.165, 1.54) is 4.88 Å². The first-order valence-corrected chi connectivity index (χ1v) is 10.6. The minimum atomic E-state index is -2.76. The molecule has 1 fully saturated rings. The zero-order valence-corrected chi connectivity index (χ0v) is 15.0. The van der Waals surface area contributed by atoms with E-state index >= 15 is 0 Å². The lowest BCUT2D eigenvalue weighted by Crippen LogP contribution is -2.33. The van der Waals surface area contributed by atoms with Gasteiger partial charge in [-0.05, 0) is 66.2 Å². The van der Waals surface area contributed by atoms with Gasteiger partial charge >= 0.3 is 0 Å². The standard InChI is InChI=1S/C14H22BrNO2S2/c1-2-6-16-12(9-13-3-4-14(15)19-13)8-11-5-7-20(17,18)10-11/h3-4,11-12,16H,2,5-10H2,1H3. The quantitative estimate of drug-likeness (QED) is 0.790. The average molecular weight is 380 g/mol. The van der Waals surface area contributed by atoms with Gasteiger partial charge in [0.1, 0.15) is 0 Å². The Morgan fingerprint density at radius 1 is 1.50 bits per heavy atom. The molecule has 0 bridgehead atoms. The van der Waals surface area contributed by atoms with Crippen LogP contribution in [0, 0.1) is 5.92 Å². The zero-order valence-electron chi connectivity index (χ0n) is 11.8. The summed E-state index contributed by atoms with van der Waals surface area (Å²) in [6.07, 6.45) is 3.90. The van der Waals surface area contributed by atoms with Crippen LogP contribution in [0.15, 0.2) is 15.9 Å². The highest BCUT2D eigenvalue weighted by molar-refractivity contribution is 9.11. The molecule has 0 aromatic carbocycles. The Kier molecular flexibility index (Phi) is 6.08. The molecule has 6 heteroatoms. The highest BCUT2D eigenvalue weighted by Gasteiger charge is 2.29. The summed E-state index contributed by atoms with van der Waals surface area (Å²) in [7, 11) is -2.76. The van der Waals surface area contributed by atoms with Crippen molar-refractivity contribution in [2.75, 3.05) is 18.1 Å². The molecule has 0 spiro atoms. The SMILES string of the molecule is CCCNC(Cc1ccc(Br)s1)CC1CCS(=O)(=O)C1. The van der Waals surface area contributed by atoms with E-state index < -0.39 is 9.84 Å². The first kappa shape index (κ1) is 16.5. The van der Waals surface area contributed by atoms with E-state index in [1.54, 1.807) is 11.3 Å². The Hall–Kier alpha value is 0.0900. The van der Waals surface area contributed by atoms with Gasteiger partial charge in [-0.3, -0.25) is 0 Å². The Labute approximate surface area is 134 Å².